The fraction of sp³-hybridized carbons (Fsp3) is 0.130. The summed E-state index contributed by atoms with van der Waals surface area (Å²) in [6, 6.07) is 17.0. The molecule has 7 nitrogen and oxygen atoms in total. The minimum absolute atomic E-state index is 0.0669. The van der Waals surface area contributed by atoms with E-state index in [2.05, 4.69) is 5.32 Å². The molecule has 0 aliphatic carbocycles. The Balaban J connectivity index is 1.34. The summed E-state index contributed by atoms with van der Waals surface area (Å²) in [5.41, 5.74) is 1.82. The molecule has 0 amide bonds. The molecule has 0 atom stereocenters. The summed E-state index contributed by atoms with van der Waals surface area (Å²) >= 11 is 12.4. The Labute approximate surface area is 193 Å². The maximum absolute atomic E-state index is 12.3. The van der Waals surface area contributed by atoms with Gasteiger partial charge in [0.2, 0.25) is 6.79 Å². The number of rotatable bonds is 7. The van der Waals surface area contributed by atoms with Gasteiger partial charge in [-0.05, 0) is 35.9 Å². The van der Waals surface area contributed by atoms with E-state index in [9.17, 15) is 9.59 Å². The van der Waals surface area contributed by atoms with Crippen LogP contribution < -0.4 is 19.5 Å². The van der Waals surface area contributed by atoms with E-state index in [0.717, 1.165) is 0 Å². The SMILES string of the molecule is O=C(Cc1ccccc1Nc1c(Cl)cccc1Cl)OCC(=O)Oc1ccc2c(c1)OCO2. The van der Waals surface area contributed by atoms with Gasteiger partial charge in [0.25, 0.3) is 0 Å². The van der Waals surface area contributed by atoms with Gasteiger partial charge in [-0.25, -0.2) is 4.79 Å². The standard InChI is InChI=1S/C23H17Cl2NO6/c24-16-5-3-6-17(25)23(16)26-18-7-2-1-4-14(18)10-21(27)29-12-22(28)32-15-8-9-19-20(11-15)31-13-30-19/h1-9,11,26H,10,12-13H2. The third kappa shape index (κ3) is 5.25. The first-order valence-electron chi connectivity index (χ1n) is 9.54. The first-order valence-corrected chi connectivity index (χ1v) is 10.3. The van der Waals surface area contributed by atoms with Crippen LogP contribution in [0.4, 0.5) is 11.4 Å². The molecule has 1 heterocycles. The molecule has 3 aromatic carbocycles. The van der Waals surface area contributed by atoms with Gasteiger partial charge in [-0.2, -0.15) is 0 Å². The molecule has 0 spiro atoms. The van der Waals surface area contributed by atoms with Crippen molar-refractivity contribution in [1.29, 1.82) is 0 Å². The number of esters is 2. The molecular weight excluding hydrogens is 457 g/mol. The zero-order valence-electron chi connectivity index (χ0n) is 16.6. The Morgan fingerprint density at radius 1 is 0.906 bits per heavy atom. The zero-order valence-corrected chi connectivity index (χ0v) is 18.1. The van der Waals surface area contributed by atoms with E-state index >= 15 is 0 Å². The molecule has 3 aromatic rings. The lowest BCUT2D eigenvalue weighted by molar-refractivity contribution is -0.153. The number of hydrogen-bond donors (Lipinski definition) is 1. The van der Waals surface area contributed by atoms with Crippen molar-refractivity contribution in [1.82, 2.24) is 0 Å². The minimum Gasteiger partial charge on any atom is -0.454 e. The number of anilines is 2. The van der Waals surface area contributed by atoms with Gasteiger partial charge >= 0.3 is 11.9 Å². The molecule has 0 aromatic heterocycles. The average Bonchev–Trinajstić information content (AvgIpc) is 3.24. The van der Waals surface area contributed by atoms with Crippen LogP contribution in [-0.2, 0) is 20.7 Å². The highest BCUT2D eigenvalue weighted by Gasteiger charge is 2.17. The van der Waals surface area contributed by atoms with Crippen LogP contribution in [0.2, 0.25) is 10.0 Å². The predicted octanol–water partition coefficient (Wildman–Crippen LogP) is 5.16. The highest BCUT2D eigenvalue weighted by atomic mass is 35.5. The third-order valence-electron chi connectivity index (χ3n) is 4.50. The molecule has 32 heavy (non-hydrogen) atoms. The normalized spacial score (nSPS) is 11.7. The quantitative estimate of drug-likeness (QED) is 0.374. The van der Waals surface area contributed by atoms with Gasteiger partial charge in [0.1, 0.15) is 5.75 Å². The van der Waals surface area contributed by atoms with Crippen molar-refractivity contribution in [3.05, 3.63) is 76.3 Å². The third-order valence-corrected chi connectivity index (χ3v) is 5.13. The Bertz CT molecular complexity index is 1150. The van der Waals surface area contributed by atoms with Crippen LogP contribution in [0.5, 0.6) is 17.2 Å². The number of benzene rings is 3. The van der Waals surface area contributed by atoms with Crippen molar-refractivity contribution in [3.8, 4) is 17.2 Å². The van der Waals surface area contributed by atoms with Crippen molar-refractivity contribution >= 4 is 46.5 Å². The van der Waals surface area contributed by atoms with Gasteiger partial charge in [-0.1, -0.05) is 47.5 Å². The Morgan fingerprint density at radius 3 is 2.47 bits per heavy atom. The highest BCUT2D eigenvalue weighted by Crippen LogP contribution is 2.35. The first-order chi connectivity index (χ1) is 15.5. The van der Waals surface area contributed by atoms with Crippen LogP contribution in [0.1, 0.15) is 5.56 Å². The molecule has 1 aliphatic heterocycles. The summed E-state index contributed by atoms with van der Waals surface area (Å²) in [5.74, 6) is 0.0108. The van der Waals surface area contributed by atoms with Crippen LogP contribution in [-0.4, -0.2) is 25.3 Å². The zero-order chi connectivity index (χ0) is 22.5. The fourth-order valence-corrected chi connectivity index (χ4v) is 3.49. The molecule has 0 saturated carbocycles. The summed E-state index contributed by atoms with van der Waals surface area (Å²) < 4.78 is 20.7. The van der Waals surface area contributed by atoms with Crippen molar-refractivity contribution in [3.63, 3.8) is 0 Å². The number of fused-ring (bicyclic) bond motifs is 1. The average molecular weight is 474 g/mol. The number of carbonyl (C=O) groups is 2. The Kier molecular flexibility index (Phi) is 6.68. The predicted molar refractivity (Wildman–Crippen MR) is 119 cm³/mol. The summed E-state index contributed by atoms with van der Waals surface area (Å²) in [6.45, 7) is -0.414. The molecular formula is C23H17Cl2NO6. The van der Waals surface area contributed by atoms with E-state index in [1.807, 2.05) is 6.07 Å². The van der Waals surface area contributed by atoms with Crippen molar-refractivity contribution in [2.75, 3.05) is 18.7 Å². The maximum atomic E-state index is 12.3. The van der Waals surface area contributed by atoms with Crippen LogP contribution in [0.25, 0.3) is 0 Å². The van der Waals surface area contributed by atoms with Crippen LogP contribution in [0.15, 0.2) is 60.7 Å². The molecule has 0 saturated heterocycles. The molecule has 1 aliphatic rings. The molecule has 0 bridgehead atoms. The second-order valence-electron chi connectivity index (χ2n) is 6.71. The number of para-hydroxylation sites is 2. The number of nitrogens with one attached hydrogen (secondary N) is 1. The lowest BCUT2D eigenvalue weighted by Gasteiger charge is -2.14. The van der Waals surface area contributed by atoms with E-state index in [0.29, 0.717) is 38.5 Å². The largest absolute Gasteiger partial charge is 0.454 e. The molecule has 0 fully saturated rings. The Hall–Kier alpha value is -3.42. The van der Waals surface area contributed by atoms with E-state index in [-0.39, 0.29) is 19.0 Å². The van der Waals surface area contributed by atoms with Crippen LogP contribution in [0, 0.1) is 0 Å². The minimum atomic E-state index is -0.716. The molecule has 0 radical (unpaired) electrons. The highest BCUT2D eigenvalue weighted by molar-refractivity contribution is 6.39. The lowest BCUT2D eigenvalue weighted by Crippen LogP contribution is -2.20. The molecule has 9 heteroatoms. The monoisotopic (exact) mass is 473 g/mol. The first kappa shape index (κ1) is 21.8. The maximum Gasteiger partial charge on any atom is 0.349 e. The number of hydrogen-bond acceptors (Lipinski definition) is 7. The van der Waals surface area contributed by atoms with E-state index < -0.39 is 18.5 Å². The van der Waals surface area contributed by atoms with Crippen molar-refractivity contribution in [2.24, 2.45) is 0 Å². The van der Waals surface area contributed by atoms with Gasteiger partial charge in [0.15, 0.2) is 18.1 Å². The van der Waals surface area contributed by atoms with E-state index in [4.69, 9.17) is 42.1 Å². The molecule has 0 unspecified atom stereocenters. The van der Waals surface area contributed by atoms with Crippen LogP contribution in [0.3, 0.4) is 0 Å². The van der Waals surface area contributed by atoms with Gasteiger partial charge in [0, 0.05) is 11.8 Å². The van der Waals surface area contributed by atoms with Gasteiger partial charge < -0.3 is 24.3 Å². The number of carbonyl (C=O) groups excluding carboxylic acids is 2. The van der Waals surface area contributed by atoms with E-state index in [1.54, 1.807) is 48.5 Å². The van der Waals surface area contributed by atoms with Gasteiger partial charge in [-0.3, -0.25) is 4.79 Å². The van der Waals surface area contributed by atoms with Crippen molar-refractivity contribution in [2.45, 2.75) is 6.42 Å². The van der Waals surface area contributed by atoms with Gasteiger partial charge in [0.05, 0.1) is 22.2 Å². The second-order valence-corrected chi connectivity index (χ2v) is 7.52. The Morgan fingerprint density at radius 2 is 1.66 bits per heavy atom. The van der Waals surface area contributed by atoms with Gasteiger partial charge in [-0.15, -0.1) is 0 Å². The summed E-state index contributed by atoms with van der Waals surface area (Å²) in [5, 5.41) is 4.04. The molecule has 4 rings (SSSR count). The number of halogens is 2. The summed E-state index contributed by atoms with van der Waals surface area (Å²) in [4.78, 5) is 24.4. The van der Waals surface area contributed by atoms with E-state index in [1.165, 1.54) is 6.07 Å². The molecule has 164 valence electrons. The fourth-order valence-electron chi connectivity index (χ4n) is 3.00. The second kappa shape index (κ2) is 9.80. The van der Waals surface area contributed by atoms with Crippen LogP contribution >= 0.6 is 23.2 Å². The lowest BCUT2D eigenvalue weighted by atomic mass is 10.1. The molecule has 1 N–H and O–H groups in total. The summed E-state index contributed by atoms with van der Waals surface area (Å²) in [6.07, 6.45) is -0.0669. The topological polar surface area (TPSA) is 83.1 Å². The van der Waals surface area contributed by atoms with Crippen molar-refractivity contribution < 1.29 is 28.5 Å². The smallest absolute Gasteiger partial charge is 0.349 e. The number of ether oxygens (including phenoxy) is 4. The summed E-state index contributed by atoms with van der Waals surface area (Å²) in [7, 11) is 0.